The maximum atomic E-state index is 13.3. The van der Waals surface area contributed by atoms with E-state index in [-0.39, 0.29) is 17.1 Å². The van der Waals surface area contributed by atoms with Crippen LogP contribution in [0.5, 0.6) is 5.75 Å². The van der Waals surface area contributed by atoms with Crippen LogP contribution in [0.4, 0.5) is 22.0 Å². The highest BCUT2D eigenvalue weighted by molar-refractivity contribution is 5.32. The molecule has 2 unspecified atom stereocenters. The molecule has 0 bridgehead atoms. The van der Waals surface area contributed by atoms with Crippen LogP contribution in [0.15, 0.2) is 24.3 Å². The standard InChI is InChI=1S/C15H15F5O2/c16-14(17,15(18,19)20)10-2-1-3-12(6-10)22-8-11-7-13(11)4-5-21-9-13/h1-3,6,11H,4-5,7-9H2. The molecule has 0 aromatic heterocycles. The zero-order valence-corrected chi connectivity index (χ0v) is 11.6. The van der Waals surface area contributed by atoms with Crippen molar-refractivity contribution in [3.05, 3.63) is 29.8 Å². The molecule has 1 saturated carbocycles. The zero-order valence-electron chi connectivity index (χ0n) is 11.6. The van der Waals surface area contributed by atoms with E-state index in [0.29, 0.717) is 19.8 Å². The summed E-state index contributed by atoms with van der Waals surface area (Å²) in [5.74, 6) is -4.57. The number of benzene rings is 1. The molecule has 2 nitrogen and oxygen atoms in total. The van der Waals surface area contributed by atoms with Gasteiger partial charge < -0.3 is 9.47 Å². The predicted molar refractivity (Wildman–Crippen MR) is 67.9 cm³/mol. The Morgan fingerprint density at radius 1 is 1.23 bits per heavy atom. The quantitative estimate of drug-likeness (QED) is 0.776. The Morgan fingerprint density at radius 2 is 2.00 bits per heavy atom. The van der Waals surface area contributed by atoms with Crippen molar-refractivity contribution < 1.29 is 31.4 Å². The van der Waals surface area contributed by atoms with Gasteiger partial charge in [0, 0.05) is 23.5 Å². The molecule has 0 amide bonds. The molecule has 2 fully saturated rings. The van der Waals surface area contributed by atoms with Crippen LogP contribution < -0.4 is 4.74 Å². The van der Waals surface area contributed by atoms with Crippen LogP contribution >= 0.6 is 0 Å². The van der Waals surface area contributed by atoms with Crippen LogP contribution in [0.1, 0.15) is 18.4 Å². The number of hydrogen-bond donors (Lipinski definition) is 0. The van der Waals surface area contributed by atoms with E-state index in [1.807, 2.05) is 0 Å². The average molecular weight is 322 g/mol. The monoisotopic (exact) mass is 322 g/mol. The maximum absolute atomic E-state index is 13.3. The second-order valence-corrected chi connectivity index (χ2v) is 5.98. The van der Waals surface area contributed by atoms with Gasteiger partial charge in [-0.25, -0.2) is 0 Å². The topological polar surface area (TPSA) is 18.5 Å². The second kappa shape index (κ2) is 5.08. The lowest BCUT2D eigenvalue weighted by Gasteiger charge is -2.20. The van der Waals surface area contributed by atoms with Crippen LogP contribution in [-0.2, 0) is 10.7 Å². The molecule has 0 N–H and O–H groups in total. The summed E-state index contributed by atoms with van der Waals surface area (Å²) in [5.41, 5.74) is -0.972. The number of halogens is 5. The molecule has 122 valence electrons. The van der Waals surface area contributed by atoms with Gasteiger partial charge in [0.15, 0.2) is 0 Å². The van der Waals surface area contributed by atoms with Crippen LogP contribution in [0.25, 0.3) is 0 Å². The highest BCUT2D eigenvalue weighted by Crippen LogP contribution is 2.57. The molecule has 2 atom stereocenters. The molecular weight excluding hydrogens is 307 g/mol. The maximum Gasteiger partial charge on any atom is 0.458 e. The number of ether oxygens (including phenoxy) is 2. The Kier molecular flexibility index (Phi) is 3.58. The van der Waals surface area contributed by atoms with Crippen molar-refractivity contribution in [1.29, 1.82) is 0 Å². The lowest BCUT2D eigenvalue weighted by molar-refractivity contribution is -0.289. The molecule has 22 heavy (non-hydrogen) atoms. The molecule has 3 rings (SSSR count). The molecule has 1 spiro atoms. The minimum atomic E-state index is -5.62. The average Bonchev–Trinajstić information content (AvgIpc) is 2.89. The van der Waals surface area contributed by atoms with E-state index in [1.54, 1.807) is 0 Å². The van der Waals surface area contributed by atoms with Crippen molar-refractivity contribution in [3.8, 4) is 5.75 Å². The first-order chi connectivity index (χ1) is 10.2. The molecule has 1 aromatic carbocycles. The van der Waals surface area contributed by atoms with Crippen molar-refractivity contribution >= 4 is 0 Å². The minimum absolute atomic E-state index is 0.0300. The fourth-order valence-electron chi connectivity index (χ4n) is 2.92. The molecule has 1 saturated heterocycles. The molecule has 1 aliphatic heterocycles. The Bertz CT molecular complexity index is 549. The largest absolute Gasteiger partial charge is 0.493 e. The van der Waals surface area contributed by atoms with E-state index in [1.165, 1.54) is 6.07 Å². The summed E-state index contributed by atoms with van der Waals surface area (Å²) in [6.07, 6.45) is -3.72. The molecular formula is C15H15F5O2. The SMILES string of the molecule is FC(F)(F)C(F)(F)c1cccc(OCC2CC23CCOC3)c1. The lowest BCUT2D eigenvalue weighted by Crippen LogP contribution is -2.33. The molecule has 1 aromatic rings. The summed E-state index contributed by atoms with van der Waals surface area (Å²) >= 11 is 0. The summed E-state index contributed by atoms with van der Waals surface area (Å²) < 4.78 is 74.4. The summed E-state index contributed by atoms with van der Waals surface area (Å²) in [6.45, 7) is 1.70. The summed E-state index contributed by atoms with van der Waals surface area (Å²) in [7, 11) is 0. The molecule has 1 heterocycles. The lowest BCUT2D eigenvalue weighted by atomic mass is 10.0. The normalized spacial score (nSPS) is 28.1. The first-order valence-electron chi connectivity index (χ1n) is 7.00. The minimum Gasteiger partial charge on any atom is -0.493 e. The van der Waals surface area contributed by atoms with Gasteiger partial charge in [0.1, 0.15) is 5.75 Å². The van der Waals surface area contributed by atoms with E-state index in [9.17, 15) is 22.0 Å². The Balaban J connectivity index is 1.65. The highest BCUT2D eigenvalue weighted by atomic mass is 19.4. The van der Waals surface area contributed by atoms with Gasteiger partial charge in [-0.1, -0.05) is 12.1 Å². The molecule has 1 aliphatic carbocycles. The molecule has 7 heteroatoms. The smallest absolute Gasteiger partial charge is 0.458 e. The van der Waals surface area contributed by atoms with Crippen molar-refractivity contribution in [2.45, 2.75) is 24.9 Å². The Labute approximate surface area is 124 Å². The number of rotatable bonds is 4. The summed E-state index contributed by atoms with van der Waals surface area (Å²) in [5, 5.41) is 0. The summed E-state index contributed by atoms with van der Waals surface area (Å²) in [4.78, 5) is 0. The predicted octanol–water partition coefficient (Wildman–Crippen LogP) is 4.15. The van der Waals surface area contributed by atoms with Gasteiger partial charge in [0.05, 0.1) is 13.2 Å². The van der Waals surface area contributed by atoms with Crippen LogP contribution in [0, 0.1) is 11.3 Å². The first kappa shape index (κ1) is 15.5. The van der Waals surface area contributed by atoms with E-state index in [2.05, 4.69) is 0 Å². The summed E-state index contributed by atoms with van der Waals surface area (Å²) in [6, 6.07) is 4.04. The van der Waals surface area contributed by atoms with Crippen LogP contribution in [-0.4, -0.2) is 26.0 Å². The van der Waals surface area contributed by atoms with Crippen molar-refractivity contribution in [1.82, 2.24) is 0 Å². The molecule has 0 radical (unpaired) electrons. The van der Waals surface area contributed by atoms with E-state index in [4.69, 9.17) is 9.47 Å². The molecule has 2 aliphatic rings. The number of hydrogen-bond acceptors (Lipinski definition) is 2. The van der Waals surface area contributed by atoms with Gasteiger partial charge in [-0.15, -0.1) is 0 Å². The van der Waals surface area contributed by atoms with Crippen LogP contribution in [0.3, 0.4) is 0 Å². The Morgan fingerprint density at radius 3 is 2.64 bits per heavy atom. The third kappa shape index (κ3) is 2.66. The van der Waals surface area contributed by atoms with Gasteiger partial charge in [-0.05, 0) is 25.0 Å². The first-order valence-corrected chi connectivity index (χ1v) is 7.00. The van der Waals surface area contributed by atoms with Gasteiger partial charge in [0.25, 0.3) is 0 Å². The van der Waals surface area contributed by atoms with Gasteiger partial charge in [-0.3, -0.25) is 0 Å². The van der Waals surface area contributed by atoms with Crippen molar-refractivity contribution in [2.24, 2.45) is 11.3 Å². The second-order valence-electron chi connectivity index (χ2n) is 5.98. The van der Waals surface area contributed by atoms with Crippen LogP contribution in [0.2, 0.25) is 0 Å². The van der Waals surface area contributed by atoms with Gasteiger partial charge >= 0.3 is 12.1 Å². The van der Waals surface area contributed by atoms with E-state index < -0.39 is 17.7 Å². The zero-order chi connectivity index (χ0) is 16.0. The number of alkyl halides is 5. The third-order valence-electron chi connectivity index (χ3n) is 4.50. The third-order valence-corrected chi connectivity index (χ3v) is 4.50. The van der Waals surface area contributed by atoms with E-state index in [0.717, 1.165) is 31.0 Å². The Hall–Kier alpha value is -1.37. The fourth-order valence-corrected chi connectivity index (χ4v) is 2.92. The van der Waals surface area contributed by atoms with Crippen molar-refractivity contribution in [2.75, 3.05) is 19.8 Å². The highest BCUT2D eigenvalue weighted by Gasteiger charge is 2.59. The van der Waals surface area contributed by atoms with Gasteiger partial charge in [-0.2, -0.15) is 22.0 Å². The fraction of sp³-hybridized carbons (Fsp3) is 0.600. The van der Waals surface area contributed by atoms with E-state index >= 15 is 0 Å². The van der Waals surface area contributed by atoms with Crippen molar-refractivity contribution in [3.63, 3.8) is 0 Å². The van der Waals surface area contributed by atoms with Gasteiger partial charge in [0.2, 0.25) is 0 Å².